The van der Waals surface area contributed by atoms with Crippen LogP contribution in [0.1, 0.15) is 5.56 Å². The van der Waals surface area contributed by atoms with Crippen molar-refractivity contribution in [3.8, 4) is 17.2 Å². The first kappa shape index (κ1) is 16.4. The standard InChI is InChI=1S/C17H19NO5S/c1-21-13-10-15(22-2)17(16(11-13)23-3)24(19,20)18-9-8-12-6-4-5-7-14(12)18/h4-7,10-11H,8-9H2,1-3H3. The van der Waals surface area contributed by atoms with Gasteiger partial charge in [-0.05, 0) is 18.1 Å². The van der Waals surface area contributed by atoms with E-state index >= 15 is 0 Å². The van der Waals surface area contributed by atoms with Crippen LogP contribution < -0.4 is 18.5 Å². The highest BCUT2D eigenvalue weighted by Gasteiger charge is 2.35. The fraction of sp³-hybridized carbons (Fsp3) is 0.294. The third-order valence-electron chi connectivity index (χ3n) is 4.06. The molecule has 0 fully saturated rings. The van der Waals surface area contributed by atoms with Gasteiger partial charge in [-0.3, -0.25) is 4.31 Å². The van der Waals surface area contributed by atoms with Crippen LogP contribution in [0.4, 0.5) is 5.69 Å². The van der Waals surface area contributed by atoms with Gasteiger partial charge in [0.2, 0.25) is 0 Å². The molecule has 6 nitrogen and oxygen atoms in total. The third-order valence-corrected chi connectivity index (χ3v) is 5.94. The molecule has 128 valence electrons. The number of anilines is 1. The third kappa shape index (κ3) is 2.54. The Kier molecular flexibility index (Phi) is 4.28. The van der Waals surface area contributed by atoms with Crippen molar-refractivity contribution in [1.29, 1.82) is 0 Å². The molecule has 0 unspecified atom stereocenters. The summed E-state index contributed by atoms with van der Waals surface area (Å²) in [5.41, 5.74) is 1.70. The fourth-order valence-electron chi connectivity index (χ4n) is 2.90. The van der Waals surface area contributed by atoms with E-state index in [4.69, 9.17) is 14.2 Å². The first-order chi connectivity index (χ1) is 11.5. The van der Waals surface area contributed by atoms with Gasteiger partial charge in [-0.25, -0.2) is 8.42 Å². The summed E-state index contributed by atoms with van der Waals surface area (Å²) in [6, 6.07) is 10.6. The van der Waals surface area contributed by atoms with Crippen molar-refractivity contribution in [2.75, 3.05) is 32.2 Å². The molecule has 2 aromatic carbocycles. The molecule has 0 saturated heterocycles. The number of benzene rings is 2. The van der Waals surface area contributed by atoms with Gasteiger partial charge >= 0.3 is 0 Å². The summed E-state index contributed by atoms with van der Waals surface area (Å²) < 4.78 is 43.7. The SMILES string of the molecule is COc1cc(OC)c(S(=O)(=O)N2CCc3ccccc32)c(OC)c1. The lowest BCUT2D eigenvalue weighted by atomic mass is 10.2. The van der Waals surface area contributed by atoms with Crippen LogP contribution in [0.25, 0.3) is 0 Å². The second-order valence-electron chi connectivity index (χ2n) is 5.32. The number of fused-ring (bicyclic) bond motifs is 1. The summed E-state index contributed by atoms with van der Waals surface area (Å²) in [5.74, 6) is 0.843. The number of ether oxygens (including phenoxy) is 3. The molecule has 7 heteroatoms. The van der Waals surface area contributed by atoms with E-state index in [2.05, 4.69) is 0 Å². The van der Waals surface area contributed by atoms with Gasteiger partial charge in [0, 0.05) is 18.7 Å². The summed E-state index contributed by atoms with van der Waals surface area (Å²) in [4.78, 5) is 0.00463. The molecule has 3 rings (SSSR count). The molecule has 0 saturated carbocycles. The average molecular weight is 349 g/mol. The highest BCUT2D eigenvalue weighted by atomic mass is 32.2. The van der Waals surface area contributed by atoms with E-state index in [1.807, 2.05) is 24.3 Å². The van der Waals surface area contributed by atoms with E-state index in [0.717, 1.165) is 5.56 Å². The predicted molar refractivity (Wildman–Crippen MR) is 90.8 cm³/mol. The maximum absolute atomic E-state index is 13.3. The molecule has 1 aliphatic heterocycles. The molecule has 0 amide bonds. The first-order valence-corrected chi connectivity index (χ1v) is 8.87. The van der Waals surface area contributed by atoms with Crippen molar-refractivity contribution >= 4 is 15.7 Å². The van der Waals surface area contributed by atoms with E-state index < -0.39 is 10.0 Å². The molecule has 1 heterocycles. The minimum atomic E-state index is -3.83. The average Bonchev–Trinajstić information content (AvgIpc) is 3.05. The minimum Gasteiger partial charge on any atom is -0.496 e. The normalized spacial score (nSPS) is 13.5. The van der Waals surface area contributed by atoms with Gasteiger partial charge in [0.25, 0.3) is 10.0 Å². The quantitative estimate of drug-likeness (QED) is 0.830. The number of sulfonamides is 1. The van der Waals surface area contributed by atoms with E-state index in [0.29, 0.717) is 24.4 Å². The Labute approximate surface area is 141 Å². The van der Waals surface area contributed by atoms with Crippen LogP contribution in [0.2, 0.25) is 0 Å². The van der Waals surface area contributed by atoms with Crippen molar-refractivity contribution in [1.82, 2.24) is 0 Å². The van der Waals surface area contributed by atoms with Crippen molar-refractivity contribution in [3.63, 3.8) is 0 Å². The summed E-state index contributed by atoms with van der Waals surface area (Å²) in [6.07, 6.45) is 0.677. The topological polar surface area (TPSA) is 65.1 Å². The largest absolute Gasteiger partial charge is 0.496 e. The van der Waals surface area contributed by atoms with E-state index in [9.17, 15) is 8.42 Å². The van der Waals surface area contributed by atoms with E-state index in [1.54, 1.807) is 0 Å². The van der Waals surface area contributed by atoms with Crippen LogP contribution >= 0.6 is 0 Å². The Hall–Kier alpha value is -2.41. The van der Waals surface area contributed by atoms with Crippen molar-refractivity contribution in [2.24, 2.45) is 0 Å². The molecule has 0 atom stereocenters. The molecule has 0 N–H and O–H groups in total. The lowest BCUT2D eigenvalue weighted by molar-refractivity contribution is 0.359. The first-order valence-electron chi connectivity index (χ1n) is 7.43. The number of hydrogen-bond acceptors (Lipinski definition) is 5. The van der Waals surface area contributed by atoms with Crippen LogP contribution in [0, 0.1) is 0 Å². The Bertz CT molecular complexity index is 838. The number of rotatable bonds is 5. The minimum absolute atomic E-state index is 0.00463. The van der Waals surface area contributed by atoms with Crippen molar-refractivity contribution in [3.05, 3.63) is 42.0 Å². The second-order valence-corrected chi connectivity index (χ2v) is 7.12. The Morgan fingerprint density at radius 3 is 2.17 bits per heavy atom. The highest BCUT2D eigenvalue weighted by molar-refractivity contribution is 7.93. The Morgan fingerprint density at radius 1 is 0.958 bits per heavy atom. The fourth-order valence-corrected chi connectivity index (χ4v) is 4.68. The molecule has 0 spiro atoms. The van der Waals surface area contributed by atoms with Gasteiger partial charge in [-0.15, -0.1) is 0 Å². The van der Waals surface area contributed by atoms with Crippen molar-refractivity contribution in [2.45, 2.75) is 11.3 Å². The summed E-state index contributed by atoms with van der Waals surface area (Å²) >= 11 is 0. The van der Waals surface area contributed by atoms with Crippen LogP contribution in [0.15, 0.2) is 41.3 Å². The van der Waals surface area contributed by atoms with E-state index in [-0.39, 0.29) is 16.4 Å². The molecule has 0 radical (unpaired) electrons. The molecule has 2 aromatic rings. The van der Waals surface area contributed by atoms with E-state index in [1.165, 1.54) is 37.8 Å². The lowest BCUT2D eigenvalue weighted by Gasteiger charge is -2.22. The summed E-state index contributed by atoms with van der Waals surface area (Å²) in [7, 11) is 0.508. The van der Waals surface area contributed by atoms with Crippen LogP contribution in [0.3, 0.4) is 0 Å². The maximum Gasteiger partial charge on any atom is 0.271 e. The number of nitrogens with zero attached hydrogens (tertiary/aromatic N) is 1. The molecule has 1 aliphatic rings. The zero-order valence-corrected chi connectivity index (χ0v) is 14.6. The number of para-hydroxylation sites is 1. The lowest BCUT2D eigenvalue weighted by Crippen LogP contribution is -2.29. The molecular weight excluding hydrogens is 330 g/mol. The summed E-state index contributed by atoms with van der Waals surface area (Å²) in [6.45, 7) is 0.389. The smallest absolute Gasteiger partial charge is 0.271 e. The van der Waals surface area contributed by atoms with Gasteiger partial charge < -0.3 is 14.2 Å². The molecule has 0 bridgehead atoms. The van der Waals surface area contributed by atoms with Gasteiger partial charge in [0.15, 0.2) is 4.90 Å². The van der Waals surface area contributed by atoms with Crippen molar-refractivity contribution < 1.29 is 22.6 Å². The molecular formula is C17H19NO5S. The zero-order chi connectivity index (χ0) is 17.3. The van der Waals surface area contributed by atoms with Crippen LogP contribution in [0.5, 0.6) is 17.2 Å². The van der Waals surface area contributed by atoms with Gasteiger partial charge in [0.1, 0.15) is 17.2 Å². The van der Waals surface area contributed by atoms with Gasteiger partial charge in [-0.1, -0.05) is 18.2 Å². The van der Waals surface area contributed by atoms with Gasteiger partial charge in [-0.2, -0.15) is 0 Å². The Balaban J connectivity index is 2.18. The molecule has 0 aliphatic carbocycles. The van der Waals surface area contributed by atoms with Gasteiger partial charge in [0.05, 0.1) is 27.0 Å². The van der Waals surface area contributed by atoms with Crippen LogP contribution in [-0.4, -0.2) is 36.3 Å². The summed E-state index contributed by atoms with van der Waals surface area (Å²) in [5, 5.41) is 0. The predicted octanol–water partition coefficient (Wildman–Crippen LogP) is 2.46. The second kappa shape index (κ2) is 6.24. The molecule has 24 heavy (non-hydrogen) atoms. The highest BCUT2D eigenvalue weighted by Crippen LogP contribution is 2.42. The molecule has 0 aromatic heterocycles. The Morgan fingerprint density at radius 2 is 1.58 bits per heavy atom. The van der Waals surface area contributed by atoms with Crippen LogP contribution in [-0.2, 0) is 16.4 Å². The number of hydrogen-bond donors (Lipinski definition) is 0. The maximum atomic E-state index is 13.3. The zero-order valence-electron chi connectivity index (χ0n) is 13.8. The number of methoxy groups -OCH3 is 3. The monoisotopic (exact) mass is 349 g/mol.